The van der Waals surface area contributed by atoms with Crippen molar-refractivity contribution in [3.63, 3.8) is 0 Å². The Morgan fingerprint density at radius 2 is 2.28 bits per heavy atom. The first kappa shape index (κ1) is 13.6. The van der Waals surface area contributed by atoms with Gasteiger partial charge >= 0.3 is 0 Å². The van der Waals surface area contributed by atoms with Gasteiger partial charge in [0.1, 0.15) is 0 Å². The molecule has 1 saturated heterocycles. The van der Waals surface area contributed by atoms with Crippen LogP contribution in [0.5, 0.6) is 5.75 Å². The highest BCUT2D eigenvalue weighted by atomic mass is 35.7. The summed E-state index contributed by atoms with van der Waals surface area (Å²) in [5, 5.41) is 0. The fraction of sp³-hybridized carbons (Fsp3) is 0.455. The van der Waals surface area contributed by atoms with E-state index in [1.807, 2.05) is 0 Å². The van der Waals surface area contributed by atoms with Crippen LogP contribution in [0.3, 0.4) is 0 Å². The molecule has 1 aliphatic heterocycles. The van der Waals surface area contributed by atoms with Crippen molar-refractivity contribution in [2.45, 2.75) is 11.3 Å². The maximum absolute atomic E-state index is 13.6. The van der Waals surface area contributed by atoms with Gasteiger partial charge in [0.15, 0.2) is 11.6 Å². The Labute approximate surface area is 109 Å². The van der Waals surface area contributed by atoms with E-state index >= 15 is 0 Å². The Morgan fingerprint density at radius 1 is 1.50 bits per heavy atom. The molecule has 0 amide bonds. The standard InChI is InChI=1S/C11H12ClFO4S/c12-18(14,15)9-1-2-11(10(13)5-9)17-7-8-3-4-16-6-8/h1-2,5,8H,3-4,6-7H2. The lowest BCUT2D eigenvalue weighted by Crippen LogP contribution is -2.12. The van der Waals surface area contributed by atoms with E-state index in [0.29, 0.717) is 19.8 Å². The molecule has 2 rings (SSSR count). The minimum absolute atomic E-state index is 0.0194. The Balaban J connectivity index is 2.05. The monoisotopic (exact) mass is 294 g/mol. The predicted molar refractivity (Wildman–Crippen MR) is 63.9 cm³/mol. The van der Waals surface area contributed by atoms with E-state index in [9.17, 15) is 12.8 Å². The summed E-state index contributed by atoms with van der Waals surface area (Å²) < 4.78 is 46.0. The molecule has 0 saturated carbocycles. The first-order valence-electron chi connectivity index (χ1n) is 5.41. The van der Waals surface area contributed by atoms with Gasteiger partial charge in [-0.1, -0.05) is 0 Å². The smallest absolute Gasteiger partial charge is 0.261 e. The van der Waals surface area contributed by atoms with Crippen LogP contribution in [0.4, 0.5) is 4.39 Å². The summed E-state index contributed by atoms with van der Waals surface area (Å²) >= 11 is 0. The third-order valence-corrected chi connectivity index (χ3v) is 4.03. The van der Waals surface area contributed by atoms with Crippen molar-refractivity contribution in [3.8, 4) is 5.75 Å². The number of benzene rings is 1. The number of rotatable bonds is 4. The van der Waals surface area contributed by atoms with E-state index in [4.69, 9.17) is 20.2 Å². The maximum Gasteiger partial charge on any atom is 0.261 e. The van der Waals surface area contributed by atoms with Crippen molar-refractivity contribution in [3.05, 3.63) is 24.0 Å². The SMILES string of the molecule is O=S(=O)(Cl)c1ccc(OCC2CCOC2)c(F)c1. The number of ether oxygens (including phenoxy) is 2. The first-order valence-corrected chi connectivity index (χ1v) is 7.72. The fourth-order valence-corrected chi connectivity index (χ4v) is 2.44. The summed E-state index contributed by atoms with van der Waals surface area (Å²) in [6, 6.07) is 3.33. The van der Waals surface area contributed by atoms with Gasteiger partial charge in [0.2, 0.25) is 0 Å². The van der Waals surface area contributed by atoms with Gasteiger partial charge in [0, 0.05) is 23.2 Å². The van der Waals surface area contributed by atoms with E-state index < -0.39 is 14.9 Å². The third-order valence-electron chi connectivity index (χ3n) is 2.68. The zero-order chi connectivity index (χ0) is 13.2. The van der Waals surface area contributed by atoms with Crippen molar-refractivity contribution in [1.29, 1.82) is 0 Å². The summed E-state index contributed by atoms with van der Waals surface area (Å²) in [7, 11) is 1.20. The van der Waals surface area contributed by atoms with Crippen molar-refractivity contribution in [2.75, 3.05) is 19.8 Å². The normalized spacial score (nSPS) is 20.0. The summed E-state index contributed by atoms with van der Waals surface area (Å²) in [5.74, 6) is -0.470. The van der Waals surface area contributed by atoms with Crippen LogP contribution >= 0.6 is 10.7 Å². The van der Waals surface area contributed by atoms with Gasteiger partial charge in [-0.2, -0.15) is 0 Å². The highest BCUT2D eigenvalue weighted by Gasteiger charge is 2.18. The van der Waals surface area contributed by atoms with Crippen molar-refractivity contribution in [1.82, 2.24) is 0 Å². The van der Waals surface area contributed by atoms with E-state index in [1.54, 1.807) is 0 Å². The molecule has 0 aromatic heterocycles. The number of halogens is 2. The van der Waals surface area contributed by atoms with Gasteiger partial charge in [0.05, 0.1) is 18.1 Å². The minimum atomic E-state index is -3.92. The molecule has 100 valence electrons. The average Bonchev–Trinajstić information content (AvgIpc) is 2.79. The molecule has 0 aliphatic carbocycles. The van der Waals surface area contributed by atoms with Crippen LogP contribution in [0, 0.1) is 11.7 Å². The molecule has 0 N–H and O–H groups in total. The van der Waals surface area contributed by atoms with Crippen molar-refractivity contribution >= 4 is 19.7 Å². The Bertz CT molecular complexity index is 526. The highest BCUT2D eigenvalue weighted by molar-refractivity contribution is 8.13. The molecular weight excluding hydrogens is 283 g/mol. The third kappa shape index (κ3) is 3.34. The van der Waals surface area contributed by atoms with Gasteiger partial charge in [-0.15, -0.1) is 0 Å². The molecule has 0 spiro atoms. The second-order valence-electron chi connectivity index (χ2n) is 4.07. The molecule has 1 aliphatic rings. The Kier molecular flexibility index (Phi) is 4.09. The zero-order valence-electron chi connectivity index (χ0n) is 9.43. The second-order valence-corrected chi connectivity index (χ2v) is 6.64. The van der Waals surface area contributed by atoms with Crippen molar-refractivity contribution in [2.24, 2.45) is 5.92 Å². The largest absolute Gasteiger partial charge is 0.490 e. The second kappa shape index (κ2) is 5.42. The maximum atomic E-state index is 13.6. The molecule has 1 unspecified atom stereocenters. The molecule has 7 heteroatoms. The number of hydrogen-bond acceptors (Lipinski definition) is 4. The first-order chi connectivity index (χ1) is 8.47. The molecule has 1 aromatic carbocycles. The predicted octanol–water partition coefficient (Wildman–Crippen LogP) is 2.17. The molecular formula is C11H12ClFO4S. The summed E-state index contributed by atoms with van der Waals surface area (Å²) in [6.07, 6.45) is 0.885. The lowest BCUT2D eigenvalue weighted by Gasteiger charge is -2.11. The molecule has 1 aromatic rings. The van der Waals surface area contributed by atoms with Gasteiger partial charge in [-0.05, 0) is 24.6 Å². The molecule has 1 atom stereocenters. The molecule has 18 heavy (non-hydrogen) atoms. The van der Waals surface area contributed by atoms with Gasteiger partial charge in [-0.3, -0.25) is 0 Å². The van der Waals surface area contributed by atoms with Crippen LogP contribution in [-0.2, 0) is 13.8 Å². The van der Waals surface area contributed by atoms with Crippen LogP contribution < -0.4 is 4.74 Å². The van der Waals surface area contributed by atoms with Crippen molar-refractivity contribution < 1.29 is 22.3 Å². The Hall–Kier alpha value is -0.850. The van der Waals surface area contributed by atoms with Gasteiger partial charge < -0.3 is 9.47 Å². The number of hydrogen-bond donors (Lipinski definition) is 0. The molecule has 0 bridgehead atoms. The van der Waals surface area contributed by atoms with Crippen LogP contribution in [-0.4, -0.2) is 28.2 Å². The van der Waals surface area contributed by atoms with E-state index in [0.717, 1.165) is 12.5 Å². The highest BCUT2D eigenvalue weighted by Crippen LogP contribution is 2.24. The topological polar surface area (TPSA) is 52.6 Å². The summed E-state index contributed by atoms with van der Waals surface area (Å²) in [5.41, 5.74) is 0. The fourth-order valence-electron chi connectivity index (χ4n) is 1.67. The lowest BCUT2D eigenvalue weighted by molar-refractivity contribution is 0.165. The average molecular weight is 295 g/mol. The molecule has 0 radical (unpaired) electrons. The van der Waals surface area contributed by atoms with Crippen LogP contribution in [0.25, 0.3) is 0 Å². The molecule has 4 nitrogen and oxygen atoms in total. The molecule has 1 heterocycles. The summed E-state index contributed by atoms with van der Waals surface area (Å²) in [4.78, 5) is -0.279. The van der Waals surface area contributed by atoms with E-state index in [1.165, 1.54) is 12.1 Å². The van der Waals surface area contributed by atoms with Crippen LogP contribution in [0.15, 0.2) is 23.1 Å². The zero-order valence-corrected chi connectivity index (χ0v) is 11.0. The quantitative estimate of drug-likeness (QED) is 0.799. The van der Waals surface area contributed by atoms with Gasteiger partial charge in [-0.25, -0.2) is 12.8 Å². The Morgan fingerprint density at radius 3 is 2.83 bits per heavy atom. The lowest BCUT2D eigenvalue weighted by atomic mass is 10.1. The van der Waals surface area contributed by atoms with E-state index in [2.05, 4.69) is 0 Å². The van der Waals surface area contributed by atoms with E-state index in [-0.39, 0.29) is 16.6 Å². The summed E-state index contributed by atoms with van der Waals surface area (Å²) in [6.45, 7) is 1.65. The minimum Gasteiger partial charge on any atom is -0.490 e. The van der Waals surface area contributed by atoms with Crippen LogP contribution in [0.2, 0.25) is 0 Å². The van der Waals surface area contributed by atoms with Crippen LogP contribution in [0.1, 0.15) is 6.42 Å². The molecule has 1 fully saturated rings. The van der Waals surface area contributed by atoms with Gasteiger partial charge in [0.25, 0.3) is 9.05 Å².